The molecule has 0 aliphatic carbocycles. The summed E-state index contributed by atoms with van der Waals surface area (Å²) in [4.78, 5) is 0. The molecule has 2 atom stereocenters. The average Bonchev–Trinajstić information content (AvgIpc) is 2.68. The summed E-state index contributed by atoms with van der Waals surface area (Å²) in [7, 11) is 2.07. The van der Waals surface area contributed by atoms with Crippen LogP contribution in [-0.2, 0) is 0 Å². The minimum atomic E-state index is 0.371. The van der Waals surface area contributed by atoms with Crippen LogP contribution < -0.4 is 5.32 Å². The van der Waals surface area contributed by atoms with E-state index in [2.05, 4.69) is 61.4 Å². The molecule has 0 radical (unpaired) electrons. The van der Waals surface area contributed by atoms with Crippen molar-refractivity contribution in [1.29, 1.82) is 0 Å². The molecule has 1 aromatic carbocycles. The highest BCUT2D eigenvalue weighted by molar-refractivity contribution is 8.00. The first-order chi connectivity index (χ1) is 7.26. The summed E-state index contributed by atoms with van der Waals surface area (Å²) >= 11 is 2.11. The fraction of sp³-hybridized carbons (Fsp3) is 0.538. The molecule has 1 saturated heterocycles. The minimum Gasteiger partial charge on any atom is -0.312 e. The van der Waals surface area contributed by atoms with Crippen molar-refractivity contribution in [2.75, 3.05) is 12.8 Å². The molecule has 1 nitrogen and oxygen atoms in total. The van der Waals surface area contributed by atoms with Gasteiger partial charge < -0.3 is 5.32 Å². The molecule has 1 fully saturated rings. The molecule has 2 heteroatoms. The molecule has 0 amide bonds. The van der Waals surface area contributed by atoms with Gasteiger partial charge in [-0.2, -0.15) is 11.8 Å². The van der Waals surface area contributed by atoms with Crippen LogP contribution in [-0.4, -0.2) is 17.5 Å². The first-order valence-electron chi connectivity index (χ1n) is 5.62. The maximum absolute atomic E-state index is 3.48. The second kappa shape index (κ2) is 4.58. The van der Waals surface area contributed by atoms with Crippen molar-refractivity contribution in [2.45, 2.75) is 30.6 Å². The lowest BCUT2D eigenvalue weighted by molar-refractivity contribution is 0.441. The van der Waals surface area contributed by atoms with Gasteiger partial charge in [-0.15, -0.1) is 0 Å². The zero-order valence-corrected chi connectivity index (χ0v) is 10.3. The average molecular weight is 221 g/mol. The zero-order chi connectivity index (χ0) is 10.7. The van der Waals surface area contributed by atoms with E-state index in [0.29, 0.717) is 10.8 Å². The molecule has 1 aromatic rings. The molecular weight excluding hydrogens is 202 g/mol. The van der Waals surface area contributed by atoms with Crippen molar-refractivity contribution in [3.63, 3.8) is 0 Å². The van der Waals surface area contributed by atoms with Gasteiger partial charge in [-0.25, -0.2) is 0 Å². The summed E-state index contributed by atoms with van der Waals surface area (Å²) in [6, 6.07) is 11.3. The van der Waals surface area contributed by atoms with Gasteiger partial charge >= 0.3 is 0 Å². The summed E-state index contributed by atoms with van der Waals surface area (Å²) in [6.45, 7) is 2.39. The number of rotatable bonds is 3. The Morgan fingerprint density at radius 3 is 2.60 bits per heavy atom. The predicted molar refractivity (Wildman–Crippen MR) is 68.3 cm³/mol. The van der Waals surface area contributed by atoms with Crippen LogP contribution >= 0.6 is 11.8 Å². The Bertz CT molecular complexity index is 304. The van der Waals surface area contributed by atoms with E-state index in [-0.39, 0.29) is 0 Å². The summed E-state index contributed by atoms with van der Waals surface area (Å²) in [5.41, 5.74) is 1.41. The van der Waals surface area contributed by atoms with E-state index in [1.807, 2.05) is 0 Å². The molecule has 1 aliphatic rings. The highest BCUT2D eigenvalue weighted by atomic mass is 32.2. The Labute approximate surface area is 96.7 Å². The van der Waals surface area contributed by atoms with Gasteiger partial charge in [0.1, 0.15) is 0 Å². The van der Waals surface area contributed by atoms with E-state index >= 15 is 0 Å². The summed E-state index contributed by atoms with van der Waals surface area (Å²) in [6.07, 6.45) is 2.67. The summed E-state index contributed by atoms with van der Waals surface area (Å²) in [5.74, 6) is 1.31. The lowest BCUT2D eigenvalue weighted by Crippen LogP contribution is -2.35. The third kappa shape index (κ3) is 2.21. The zero-order valence-electron chi connectivity index (χ0n) is 9.49. The highest BCUT2D eigenvalue weighted by Gasteiger charge is 2.37. The first-order valence-corrected chi connectivity index (χ1v) is 6.61. The first kappa shape index (κ1) is 11.0. The van der Waals surface area contributed by atoms with Crippen molar-refractivity contribution in [1.82, 2.24) is 5.32 Å². The van der Waals surface area contributed by atoms with Gasteiger partial charge in [-0.05, 0) is 38.1 Å². The van der Waals surface area contributed by atoms with Crippen LogP contribution in [0.5, 0.6) is 0 Å². The van der Waals surface area contributed by atoms with Crippen molar-refractivity contribution >= 4 is 11.8 Å². The Morgan fingerprint density at radius 2 is 2.07 bits per heavy atom. The fourth-order valence-corrected chi connectivity index (χ4v) is 3.96. The molecule has 1 aliphatic heterocycles. The molecule has 2 rings (SSSR count). The Hall–Kier alpha value is -0.470. The van der Waals surface area contributed by atoms with E-state index < -0.39 is 0 Å². The SMILES string of the molecule is CNC(c1ccccc1)C1(C)CCCS1. The number of benzene rings is 1. The van der Waals surface area contributed by atoms with Crippen molar-refractivity contribution in [3.05, 3.63) is 35.9 Å². The van der Waals surface area contributed by atoms with Crippen molar-refractivity contribution < 1.29 is 0 Å². The third-order valence-electron chi connectivity index (χ3n) is 3.28. The number of nitrogens with one attached hydrogen (secondary N) is 1. The third-order valence-corrected chi connectivity index (χ3v) is 4.87. The van der Waals surface area contributed by atoms with E-state index in [1.165, 1.54) is 24.2 Å². The molecule has 0 bridgehead atoms. The molecule has 0 spiro atoms. The Morgan fingerprint density at radius 1 is 1.33 bits per heavy atom. The van der Waals surface area contributed by atoms with Gasteiger partial charge in [0, 0.05) is 10.8 Å². The quantitative estimate of drug-likeness (QED) is 0.841. The minimum absolute atomic E-state index is 0.371. The molecule has 0 aromatic heterocycles. The smallest absolute Gasteiger partial charge is 0.0464 e. The molecule has 1 heterocycles. The molecule has 15 heavy (non-hydrogen) atoms. The number of thioether (sulfide) groups is 1. The second-order valence-corrected chi connectivity index (χ2v) is 6.03. The molecule has 1 N–H and O–H groups in total. The Balaban J connectivity index is 2.24. The van der Waals surface area contributed by atoms with Crippen molar-refractivity contribution in [3.8, 4) is 0 Å². The van der Waals surface area contributed by atoms with E-state index in [4.69, 9.17) is 0 Å². The van der Waals surface area contributed by atoms with Gasteiger partial charge in [0.05, 0.1) is 0 Å². The van der Waals surface area contributed by atoms with Crippen LogP contribution in [0.15, 0.2) is 30.3 Å². The van der Waals surface area contributed by atoms with Gasteiger partial charge in [0.15, 0.2) is 0 Å². The summed E-state index contributed by atoms with van der Waals surface area (Å²) < 4.78 is 0.371. The van der Waals surface area contributed by atoms with Crippen LogP contribution in [0.25, 0.3) is 0 Å². The van der Waals surface area contributed by atoms with Crippen molar-refractivity contribution in [2.24, 2.45) is 0 Å². The van der Waals surface area contributed by atoms with Crippen LogP contribution in [0.1, 0.15) is 31.4 Å². The van der Waals surface area contributed by atoms with E-state index in [0.717, 1.165) is 0 Å². The largest absolute Gasteiger partial charge is 0.312 e. The normalized spacial score (nSPS) is 27.9. The topological polar surface area (TPSA) is 12.0 Å². The number of hydrogen-bond donors (Lipinski definition) is 1. The number of hydrogen-bond acceptors (Lipinski definition) is 2. The van der Waals surface area contributed by atoms with Crippen LogP contribution in [0.4, 0.5) is 0 Å². The van der Waals surface area contributed by atoms with Gasteiger partial charge in [-0.1, -0.05) is 30.3 Å². The van der Waals surface area contributed by atoms with E-state index in [9.17, 15) is 0 Å². The van der Waals surface area contributed by atoms with Gasteiger partial charge in [0.2, 0.25) is 0 Å². The van der Waals surface area contributed by atoms with Gasteiger partial charge in [-0.3, -0.25) is 0 Å². The van der Waals surface area contributed by atoms with Crippen LogP contribution in [0.2, 0.25) is 0 Å². The molecule has 0 saturated carbocycles. The maximum Gasteiger partial charge on any atom is 0.0464 e. The predicted octanol–water partition coefficient (Wildman–Crippen LogP) is 3.23. The molecular formula is C13H19NS. The molecule has 82 valence electrons. The second-order valence-electron chi connectivity index (χ2n) is 4.40. The van der Waals surface area contributed by atoms with Crippen LogP contribution in [0.3, 0.4) is 0 Å². The lowest BCUT2D eigenvalue weighted by Gasteiger charge is -2.33. The summed E-state index contributed by atoms with van der Waals surface area (Å²) in [5, 5.41) is 3.48. The monoisotopic (exact) mass is 221 g/mol. The Kier molecular flexibility index (Phi) is 3.37. The van der Waals surface area contributed by atoms with E-state index in [1.54, 1.807) is 0 Å². The molecule has 2 unspecified atom stereocenters. The standard InChI is InChI=1S/C13H19NS/c1-13(9-6-10-15-13)12(14-2)11-7-4-3-5-8-11/h3-5,7-8,12,14H,6,9-10H2,1-2H3. The van der Waals surface area contributed by atoms with Gasteiger partial charge in [0.25, 0.3) is 0 Å². The fourth-order valence-electron chi connectivity index (χ4n) is 2.50. The lowest BCUT2D eigenvalue weighted by atomic mass is 9.90. The highest BCUT2D eigenvalue weighted by Crippen LogP contribution is 2.46. The van der Waals surface area contributed by atoms with Crippen LogP contribution in [0, 0.1) is 0 Å². The maximum atomic E-state index is 3.48.